The molecule has 5 heteroatoms. The molecule has 1 rings (SSSR count). The van der Waals surface area contributed by atoms with Crippen LogP contribution in [0.4, 0.5) is 0 Å². The molecule has 0 saturated heterocycles. The van der Waals surface area contributed by atoms with Gasteiger partial charge in [0.25, 0.3) is 0 Å². The highest BCUT2D eigenvalue weighted by Gasteiger charge is 2.37. The predicted molar refractivity (Wildman–Crippen MR) is 80.8 cm³/mol. The number of nitrogens with one attached hydrogen (secondary N) is 1. The molecule has 0 fully saturated rings. The maximum atomic E-state index is 12.2. The maximum absolute atomic E-state index is 12.2. The summed E-state index contributed by atoms with van der Waals surface area (Å²) in [6, 6.07) is 2.07. The van der Waals surface area contributed by atoms with Gasteiger partial charge in [-0.1, -0.05) is 26.1 Å². The Bertz CT molecular complexity index is 397. The lowest BCUT2D eigenvalue weighted by Crippen LogP contribution is -2.48. The van der Waals surface area contributed by atoms with Crippen molar-refractivity contribution in [1.29, 1.82) is 0 Å². The molecule has 1 heterocycles. The number of carbonyl (C=O) groups is 1. The summed E-state index contributed by atoms with van der Waals surface area (Å²) in [7, 11) is 0. The minimum atomic E-state index is -0.690. The first kappa shape index (κ1) is 15.1. The van der Waals surface area contributed by atoms with Gasteiger partial charge in [0.05, 0.1) is 10.4 Å². The van der Waals surface area contributed by atoms with Crippen molar-refractivity contribution in [2.45, 2.75) is 33.1 Å². The molecule has 0 radical (unpaired) electrons. The molecule has 1 aromatic heterocycles. The summed E-state index contributed by atoms with van der Waals surface area (Å²) in [6.07, 6.45) is 2.13. The fourth-order valence-electron chi connectivity index (χ4n) is 1.96. The number of carbonyl (C=O) groups excluding carboxylic acids is 1. The molecular weight excluding hydrogens is 264 g/mol. The lowest BCUT2D eigenvalue weighted by molar-refractivity contribution is -0.127. The van der Waals surface area contributed by atoms with Crippen LogP contribution in [-0.4, -0.2) is 17.4 Å². The smallest absolute Gasteiger partial charge is 0.233 e. The Labute approximate surface area is 118 Å². The average Bonchev–Trinajstić information content (AvgIpc) is 2.84. The van der Waals surface area contributed by atoms with Gasteiger partial charge >= 0.3 is 0 Å². The summed E-state index contributed by atoms with van der Waals surface area (Å²) >= 11 is 6.72. The maximum Gasteiger partial charge on any atom is 0.233 e. The molecule has 100 valence electrons. The average molecular weight is 284 g/mol. The molecule has 0 aliphatic rings. The summed E-state index contributed by atoms with van der Waals surface area (Å²) in [5.41, 5.74) is 6.29. The van der Waals surface area contributed by atoms with Crippen LogP contribution in [0, 0.1) is 5.41 Å². The van der Waals surface area contributed by atoms with Gasteiger partial charge in [-0.05, 0) is 41.7 Å². The van der Waals surface area contributed by atoms with Gasteiger partial charge in [-0.15, -0.1) is 0 Å². The van der Waals surface area contributed by atoms with Crippen LogP contribution >= 0.6 is 23.6 Å². The first-order valence-corrected chi connectivity index (χ1v) is 7.51. The van der Waals surface area contributed by atoms with E-state index in [-0.39, 0.29) is 5.91 Å². The van der Waals surface area contributed by atoms with E-state index in [4.69, 9.17) is 18.0 Å². The zero-order valence-electron chi connectivity index (χ0n) is 10.9. The molecule has 3 nitrogen and oxygen atoms in total. The van der Waals surface area contributed by atoms with Gasteiger partial charge in [0.2, 0.25) is 5.91 Å². The number of rotatable bonds is 7. The lowest BCUT2D eigenvalue weighted by atomic mass is 9.81. The third-order valence-corrected chi connectivity index (χ3v) is 4.52. The SMILES string of the molecule is CCC(CC)(C(=O)NCCc1ccsc1)C(N)=S. The number of amides is 1. The molecule has 0 atom stereocenters. The summed E-state index contributed by atoms with van der Waals surface area (Å²) in [6.45, 7) is 4.52. The Morgan fingerprint density at radius 3 is 2.61 bits per heavy atom. The van der Waals surface area contributed by atoms with Gasteiger partial charge in [0, 0.05) is 6.54 Å². The molecule has 3 N–H and O–H groups in total. The first-order valence-electron chi connectivity index (χ1n) is 6.16. The van der Waals surface area contributed by atoms with Crippen LogP contribution in [0.3, 0.4) is 0 Å². The summed E-state index contributed by atoms with van der Waals surface area (Å²) < 4.78 is 0. The van der Waals surface area contributed by atoms with Gasteiger partial charge in [-0.25, -0.2) is 0 Å². The van der Waals surface area contributed by atoms with Crippen molar-refractivity contribution in [3.63, 3.8) is 0 Å². The van der Waals surface area contributed by atoms with Crippen molar-refractivity contribution in [3.8, 4) is 0 Å². The topological polar surface area (TPSA) is 55.1 Å². The highest BCUT2D eigenvalue weighted by atomic mass is 32.1. The second-order valence-electron chi connectivity index (χ2n) is 4.29. The second-order valence-corrected chi connectivity index (χ2v) is 5.51. The van der Waals surface area contributed by atoms with Gasteiger partial charge < -0.3 is 11.1 Å². The Morgan fingerprint density at radius 1 is 1.50 bits per heavy atom. The Balaban J connectivity index is 2.55. The van der Waals surface area contributed by atoms with E-state index < -0.39 is 5.41 Å². The van der Waals surface area contributed by atoms with Gasteiger partial charge in [-0.3, -0.25) is 4.79 Å². The Morgan fingerprint density at radius 2 is 2.17 bits per heavy atom. The van der Waals surface area contributed by atoms with E-state index in [1.807, 2.05) is 19.2 Å². The van der Waals surface area contributed by atoms with Crippen LogP contribution in [0.1, 0.15) is 32.3 Å². The van der Waals surface area contributed by atoms with Crippen LogP contribution in [0.15, 0.2) is 16.8 Å². The third-order valence-electron chi connectivity index (χ3n) is 3.39. The number of nitrogens with two attached hydrogens (primary N) is 1. The molecule has 1 aromatic rings. The van der Waals surface area contributed by atoms with Crippen LogP contribution in [-0.2, 0) is 11.2 Å². The van der Waals surface area contributed by atoms with Crippen molar-refractivity contribution < 1.29 is 4.79 Å². The normalized spacial score (nSPS) is 11.2. The minimum Gasteiger partial charge on any atom is -0.392 e. The number of thiophene rings is 1. The van der Waals surface area contributed by atoms with E-state index in [2.05, 4.69) is 16.8 Å². The highest BCUT2D eigenvalue weighted by molar-refractivity contribution is 7.80. The van der Waals surface area contributed by atoms with Crippen molar-refractivity contribution in [2.24, 2.45) is 11.1 Å². The molecule has 0 unspecified atom stereocenters. The van der Waals surface area contributed by atoms with E-state index in [1.54, 1.807) is 11.3 Å². The van der Waals surface area contributed by atoms with E-state index >= 15 is 0 Å². The Hall–Kier alpha value is -0.940. The van der Waals surface area contributed by atoms with Gasteiger partial charge in [0.15, 0.2) is 0 Å². The zero-order chi connectivity index (χ0) is 13.6. The van der Waals surface area contributed by atoms with Crippen LogP contribution in [0.5, 0.6) is 0 Å². The van der Waals surface area contributed by atoms with Crippen molar-refractivity contribution >= 4 is 34.5 Å². The fraction of sp³-hybridized carbons (Fsp3) is 0.538. The van der Waals surface area contributed by atoms with E-state index in [0.717, 1.165) is 6.42 Å². The van der Waals surface area contributed by atoms with Crippen LogP contribution < -0.4 is 11.1 Å². The molecule has 0 aromatic carbocycles. The molecule has 0 aliphatic heterocycles. The number of hydrogen-bond donors (Lipinski definition) is 2. The number of hydrogen-bond acceptors (Lipinski definition) is 3. The molecule has 0 saturated carbocycles. The van der Waals surface area contributed by atoms with Crippen molar-refractivity contribution in [3.05, 3.63) is 22.4 Å². The highest BCUT2D eigenvalue weighted by Crippen LogP contribution is 2.27. The van der Waals surface area contributed by atoms with Crippen LogP contribution in [0.25, 0.3) is 0 Å². The van der Waals surface area contributed by atoms with E-state index in [0.29, 0.717) is 24.4 Å². The quantitative estimate of drug-likeness (QED) is 0.756. The van der Waals surface area contributed by atoms with Crippen LogP contribution in [0.2, 0.25) is 0 Å². The van der Waals surface area contributed by atoms with E-state index in [1.165, 1.54) is 5.56 Å². The largest absolute Gasteiger partial charge is 0.392 e. The standard InChI is InChI=1S/C13H20N2OS2/c1-3-13(4-2,11(14)17)12(16)15-7-5-10-6-8-18-9-10/h6,8-9H,3-5,7H2,1-2H3,(H2,14,17)(H,15,16). The fourth-order valence-corrected chi connectivity index (χ4v) is 3.04. The number of thiocarbonyl (C=S) groups is 1. The monoisotopic (exact) mass is 284 g/mol. The zero-order valence-corrected chi connectivity index (χ0v) is 12.5. The third kappa shape index (κ3) is 3.29. The molecule has 1 amide bonds. The lowest BCUT2D eigenvalue weighted by Gasteiger charge is -2.28. The molecule has 18 heavy (non-hydrogen) atoms. The minimum absolute atomic E-state index is 0.0461. The second kappa shape index (κ2) is 6.85. The van der Waals surface area contributed by atoms with Gasteiger partial charge in [0.1, 0.15) is 0 Å². The summed E-state index contributed by atoms with van der Waals surface area (Å²) in [5.74, 6) is -0.0461. The summed E-state index contributed by atoms with van der Waals surface area (Å²) in [4.78, 5) is 12.5. The van der Waals surface area contributed by atoms with Crippen molar-refractivity contribution in [2.75, 3.05) is 6.54 Å². The van der Waals surface area contributed by atoms with Crippen molar-refractivity contribution in [1.82, 2.24) is 5.32 Å². The first-order chi connectivity index (χ1) is 8.56. The molecule has 0 spiro atoms. The van der Waals surface area contributed by atoms with Gasteiger partial charge in [-0.2, -0.15) is 11.3 Å². The molecular formula is C13H20N2OS2. The predicted octanol–water partition coefficient (Wildman–Crippen LogP) is 2.50. The summed E-state index contributed by atoms with van der Waals surface area (Å²) in [5, 5.41) is 7.07. The Kier molecular flexibility index (Phi) is 5.75. The molecule has 0 aliphatic carbocycles. The molecule has 0 bridgehead atoms. The van der Waals surface area contributed by atoms with E-state index in [9.17, 15) is 4.79 Å².